The van der Waals surface area contributed by atoms with Crippen LogP contribution in [0.25, 0.3) is 5.82 Å². The third-order valence-electron chi connectivity index (χ3n) is 3.14. The Hall–Kier alpha value is -3.16. The molecule has 0 radical (unpaired) electrons. The first-order valence-corrected chi connectivity index (χ1v) is 7.26. The van der Waals surface area contributed by atoms with Crippen LogP contribution >= 0.6 is 0 Å². The summed E-state index contributed by atoms with van der Waals surface area (Å²) in [5.41, 5.74) is 0. The quantitative estimate of drug-likeness (QED) is 0.627. The average molecular weight is 311 g/mol. The van der Waals surface area contributed by atoms with Crippen LogP contribution in [0.1, 0.15) is 0 Å². The van der Waals surface area contributed by atoms with Gasteiger partial charge >= 0.3 is 0 Å². The molecule has 0 aromatic carbocycles. The fraction of sp³-hybridized carbons (Fsp3) is 0.200. The van der Waals surface area contributed by atoms with Crippen LogP contribution in [0.15, 0.2) is 55.1 Å². The molecule has 118 valence electrons. The highest BCUT2D eigenvalue weighted by Crippen LogP contribution is 2.06. The fourth-order valence-corrected chi connectivity index (χ4v) is 2.03. The molecular weight excluding hydrogens is 294 g/mol. The van der Waals surface area contributed by atoms with Gasteiger partial charge in [-0.1, -0.05) is 0 Å². The molecule has 0 atom stereocenters. The number of hydrogen-bond acceptors (Lipinski definition) is 5. The zero-order valence-electron chi connectivity index (χ0n) is 12.5. The minimum Gasteiger partial charge on any atom is -0.367 e. The number of anilines is 1. The smallest absolute Gasteiger partial charge is 0.241 e. The minimum atomic E-state index is -0.0791. The molecule has 0 fully saturated rings. The second-order valence-electron chi connectivity index (χ2n) is 4.85. The molecule has 3 aromatic rings. The Kier molecular flexibility index (Phi) is 4.63. The molecule has 1 amide bonds. The number of aromatic nitrogens is 5. The van der Waals surface area contributed by atoms with Crippen LogP contribution in [-0.4, -0.2) is 43.5 Å². The van der Waals surface area contributed by atoms with Gasteiger partial charge in [-0.3, -0.25) is 9.48 Å². The van der Waals surface area contributed by atoms with Crippen LogP contribution in [0.4, 0.5) is 5.82 Å². The summed E-state index contributed by atoms with van der Waals surface area (Å²) in [6, 6.07) is 9.38. The third kappa shape index (κ3) is 4.16. The fourth-order valence-electron chi connectivity index (χ4n) is 2.03. The van der Waals surface area contributed by atoms with Gasteiger partial charge in [0.25, 0.3) is 0 Å². The molecule has 0 bridgehead atoms. The van der Waals surface area contributed by atoms with Crippen molar-refractivity contribution in [3.05, 3.63) is 55.1 Å². The van der Waals surface area contributed by atoms with Crippen molar-refractivity contribution in [3.63, 3.8) is 0 Å². The molecule has 8 heteroatoms. The Bertz CT molecular complexity index is 720. The maximum absolute atomic E-state index is 11.7. The SMILES string of the molecule is O=C(Cn1cccn1)NCCNc1ccc(-n2cccc2)nn1. The van der Waals surface area contributed by atoms with Crippen molar-refractivity contribution in [1.82, 2.24) is 29.9 Å². The van der Waals surface area contributed by atoms with E-state index in [0.717, 1.165) is 5.82 Å². The molecule has 0 aliphatic heterocycles. The number of carbonyl (C=O) groups is 1. The number of carbonyl (C=O) groups excluding carboxylic acids is 1. The zero-order valence-corrected chi connectivity index (χ0v) is 12.5. The van der Waals surface area contributed by atoms with Crippen molar-refractivity contribution < 1.29 is 4.79 Å². The molecule has 0 saturated heterocycles. The Labute approximate surface area is 133 Å². The molecule has 0 aliphatic rings. The molecule has 3 heterocycles. The number of nitrogens with zero attached hydrogens (tertiary/aromatic N) is 5. The molecule has 0 saturated carbocycles. The topological polar surface area (TPSA) is 89.7 Å². The number of hydrogen-bond donors (Lipinski definition) is 2. The van der Waals surface area contributed by atoms with Crippen molar-refractivity contribution in [2.24, 2.45) is 0 Å². The molecule has 3 rings (SSSR count). The first-order valence-electron chi connectivity index (χ1n) is 7.26. The van der Waals surface area contributed by atoms with E-state index in [0.29, 0.717) is 18.9 Å². The number of nitrogens with one attached hydrogen (secondary N) is 2. The van der Waals surface area contributed by atoms with E-state index in [1.807, 2.05) is 41.2 Å². The zero-order chi connectivity index (χ0) is 15.9. The molecule has 0 unspecified atom stereocenters. The first-order chi connectivity index (χ1) is 11.3. The summed E-state index contributed by atoms with van der Waals surface area (Å²) in [6.45, 7) is 1.29. The van der Waals surface area contributed by atoms with E-state index in [1.165, 1.54) is 0 Å². The summed E-state index contributed by atoms with van der Waals surface area (Å²) in [5, 5.41) is 18.1. The molecular formula is C15H17N7O. The number of rotatable bonds is 7. The lowest BCUT2D eigenvalue weighted by molar-refractivity contribution is -0.121. The van der Waals surface area contributed by atoms with Crippen molar-refractivity contribution >= 4 is 11.7 Å². The van der Waals surface area contributed by atoms with Gasteiger partial charge in [0.1, 0.15) is 12.4 Å². The van der Waals surface area contributed by atoms with Gasteiger partial charge in [0.05, 0.1) is 0 Å². The van der Waals surface area contributed by atoms with Crippen molar-refractivity contribution in [2.45, 2.75) is 6.54 Å². The Morgan fingerprint density at radius 1 is 1.04 bits per heavy atom. The molecule has 23 heavy (non-hydrogen) atoms. The summed E-state index contributed by atoms with van der Waals surface area (Å²) in [6.07, 6.45) is 7.21. The highest BCUT2D eigenvalue weighted by atomic mass is 16.2. The molecule has 0 spiro atoms. The van der Waals surface area contributed by atoms with Crippen LogP contribution < -0.4 is 10.6 Å². The summed E-state index contributed by atoms with van der Waals surface area (Å²) in [4.78, 5) is 11.7. The summed E-state index contributed by atoms with van der Waals surface area (Å²) < 4.78 is 3.46. The Morgan fingerprint density at radius 3 is 2.61 bits per heavy atom. The van der Waals surface area contributed by atoms with Crippen LogP contribution in [0.3, 0.4) is 0 Å². The van der Waals surface area contributed by atoms with E-state index in [9.17, 15) is 4.79 Å². The summed E-state index contributed by atoms with van der Waals surface area (Å²) >= 11 is 0. The molecule has 3 aromatic heterocycles. The Balaban J connectivity index is 1.39. The van der Waals surface area contributed by atoms with E-state index in [1.54, 1.807) is 23.1 Å². The second-order valence-corrected chi connectivity index (χ2v) is 4.85. The van der Waals surface area contributed by atoms with Gasteiger partial charge in [-0.2, -0.15) is 5.10 Å². The second kappa shape index (κ2) is 7.21. The maximum Gasteiger partial charge on any atom is 0.241 e. The first kappa shape index (κ1) is 14.8. The average Bonchev–Trinajstić information content (AvgIpc) is 3.26. The lowest BCUT2D eigenvalue weighted by Gasteiger charge is -2.08. The van der Waals surface area contributed by atoms with Crippen molar-refractivity contribution in [2.75, 3.05) is 18.4 Å². The van der Waals surface area contributed by atoms with E-state index in [2.05, 4.69) is 25.9 Å². The van der Waals surface area contributed by atoms with Gasteiger partial charge < -0.3 is 15.2 Å². The monoisotopic (exact) mass is 311 g/mol. The Morgan fingerprint density at radius 2 is 1.91 bits per heavy atom. The summed E-state index contributed by atoms with van der Waals surface area (Å²) in [7, 11) is 0. The summed E-state index contributed by atoms with van der Waals surface area (Å²) in [5.74, 6) is 1.35. The van der Waals surface area contributed by atoms with Crippen molar-refractivity contribution in [1.29, 1.82) is 0 Å². The van der Waals surface area contributed by atoms with Crippen LogP contribution in [0.2, 0.25) is 0 Å². The molecule has 8 nitrogen and oxygen atoms in total. The van der Waals surface area contributed by atoms with Gasteiger partial charge in [0.15, 0.2) is 5.82 Å². The van der Waals surface area contributed by atoms with E-state index in [4.69, 9.17) is 0 Å². The molecule has 2 N–H and O–H groups in total. The van der Waals surface area contributed by atoms with E-state index >= 15 is 0 Å². The molecule has 0 aliphatic carbocycles. The van der Waals surface area contributed by atoms with Crippen LogP contribution in [0, 0.1) is 0 Å². The van der Waals surface area contributed by atoms with Crippen LogP contribution in [-0.2, 0) is 11.3 Å². The lowest BCUT2D eigenvalue weighted by atomic mass is 10.4. The lowest BCUT2D eigenvalue weighted by Crippen LogP contribution is -2.31. The third-order valence-corrected chi connectivity index (χ3v) is 3.14. The van der Waals surface area contributed by atoms with Gasteiger partial charge in [-0.05, 0) is 30.3 Å². The number of amides is 1. The van der Waals surface area contributed by atoms with E-state index < -0.39 is 0 Å². The maximum atomic E-state index is 11.7. The highest BCUT2D eigenvalue weighted by Gasteiger charge is 2.02. The van der Waals surface area contributed by atoms with E-state index in [-0.39, 0.29) is 12.5 Å². The van der Waals surface area contributed by atoms with Crippen LogP contribution in [0.5, 0.6) is 0 Å². The standard InChI is InChI=1S/C15H17N7O/c23-15(12-22-11-3-6-18-22)17-8-7-16-13-4-5-14(20-19-13)21-9-1-2-10-21/h1-6,9-11H,7-8,12H2,(H,16,19)(H,17,23). The van der Waals surface area contributed by atoms with Gasteiger partial charge in [-0.15, -0.1) is 10.2 Å². The van der Waals surface area contributed by atoms with Gasteiger partial charge in [0.2, 0.25) is 5.91 Å². The normalized spacial score (nSPS) is 10.4. The predicted octanol–water partition coefficient (Wildman–Crippen LogP) is 0.692. The van der Waals surface area contributed by atoms with Crippen molar-refractivity contribution in [3.8, 4) is 5.82 Å². The highest BCUT2D eigenvalue weighted by molar-refractivity contribution is 5.75. The largest absolute Gasteiger partial charge is 0.367 e. The predicted molar refractivity (Wildman–Crippen MR) is 85.1 cm³/mol. The minimum absolute atomic E-state index is 0.0791. The van der Waals surface area contributed by atoms with Gasteiger partial charge in [-0.25, -0.2) is 0 Å². The van der Waals surface area contributed by atoms with Gasteiger partial charge in [0, 0.05) is 37.9 Å².